The van der Waals surface area contributed by atoms with E-state index in [-0.39, 0.29) is 0 Å². The van der Waals surface area contributed by atoms with Gasteiger partial charge >= 0.3 is 5.97 Å². The van der Waals surface area contributed by atoms with Crippen LogP contribution in [0.4, 0.5) is 5.82 Å². The maximum absolute atomic E-state index is 12.6. The average molecular weight is 474 g/mol. The zero-order valence-corrected chi connectivity index (χ0v) is 20.1. The number of benzene rings is 2. The number of nitrogens with one attached hydrogen (secondary N) is 1. The van der Waals surface area contributed by atoms with Crippen LogP contribution in [0.5, 0.6) is 11.5 Å². The fraction of sp³-hybridized carbons (Fsp3) is 0.222. The number of nitrogens with zero attached hydrogens (tertiary/aromatic N) is 2. The molecule has 1 heterocycles. The van der Waals surface area contributed by atoms with Crippen LogP contribution in [-0.2, 0) is 14.3 Å². The average Bonchev–Trinajstić information content (AvgIpc) is 3.11. The number of amides is 1. The van der Waals surface area contributed by atoms with Crippen LogP contribution in [0.3, 0.4) is 0 Å². The van der Waals surface area contributed by atoms with Crippen molar-refractivity contribution in [3.63, 3.8) is 0 Å². The predicted molar refractivity (Wildman–Crippen MR) is 133 cm³/mol. The maximum Gasteiger partial charge on any atom is 0.331 e. The number of ether oxygens (including phenoxy) is 3. The van der Waals surface area contributed by atoms with Crippen molar-refractivity contribution >= 4 is 23.8 Å². The third kappa shape index (κ3) is 5.89. The van der Waals surface area contributed by atoms with Gasteiger partial charge < -0.3 is 19.5 Å². The third-order valence-electron chi connectivity index (χ3n) is 5.34. The molecule has 0 aliphatic heterocycles. The van der Waals surface area contributed by atoms with E-state index in [9.17, 15) is 14.9 Å². The van der Waals surface area contributed by atoms with Crippen molar-refractivity contribution in [3.05, 3.63) is 77.0 Å². The molecule has 8 nitrogen and oxygen atoms in total. The Bertz CT molecular complexity index is 1290. The third-order valence-corrected chi connectivity index (χ3v) is 5.34. The van der Waals surface area contributed by atoms with Gasteiger partial charge in [0.15, 0.2) is 18.1 Å². The number of para-hydroxylation sites is 1. The van der Waals surface area contributed by atoms with Gasteiger partial charge in [-0.3, -0.25) is 9.36 Å². The Kier molecular flexibility index (Phi) is 8.30. The molecule has 0 unspecified atom stereocenters. The van der Waals surface area contributed by atoms with Crippen molar-refractivity contribution in [2.24, 2.45) is 0 Å². The number of anilines is 1. The monoisotopic (exact) mass is 473 g/mol. The number of carbonyl (C=O) groups excluding carboxylic acids is 2. The number of esters is 1. The fourth-order valence-electron chi connectivity index (χ4n) is 3.54. The Balaban J connectivity index is 1.68. The summed E-state index contributed by atoms with van der Waals surface area (Å²) >= 11 is 0. The first kappa shape index (κ1) is 25.1. The molecule has 0 fully saturated rings. The number of rotatable bonds is 9. The van der Waals surface area contributed by atoms with Crippen molar-refractivity contribution in [2.75, 3.05) is 25.6 Å². The van der Waals surface area contributed by atoms with E-state index in [2.05, 4.69) is 11.4 Å². The Hall–Kier alpha value is -4.51. The van der Waals surface area contributed by atoms with E-state index in [1.165, 1.54) is 13.2 Å². The lowest BCUT2D eigenvalue weighted by Gasteiger charge is -2.13. The van der Waals surface area contributed by atoms with Gasteiger partial charge in [0.2, 0.25) is 0 Å². The molecule has 1 amide bonds. The second kappa shape index (κ2) is 11.6. The molecule has 0 saturated carbocycles. The Morgan fingerprint density at radius 3 is 2.51 bits per heavy atom. The predicted octanol–water partition coefficient (Wildman–Crippen LogP) is 4.57. The second-order valence-electron chi connectivity index (χ2n) is 7.55. The number of hydrogen-bond acceptors (Lipinski definition) is 6. The van der Waals surface area contributed by atoms with Gasteiger partial charge in [-0.15, -0.1) is 0 Å². The first-order valence-electron chi connectivity index (χ1n) is 11.0. The first-order valence-corrected chi connectivity index (χ1v) is 11.0. The highest BCUT2D eigenvalue weighted by molar-refractivity contribution is 5.95. The number of nitriles is 1. The lowest BCUT2D eigenvalue weighted by atomic mass is 10.2. The quantitative estimate of drug-likeness (QED) is 0.361. The van der Waals surface area contributed by atoms with Crippen LogP contribution in [0.25, 0.3) is 11.8 Å². The molecule has 0 spiro atoms. The van der Waals surface area contributed by atoms with Gasteiger partial charge in [0.25, 0.3) is 5.91 Å². The summed E-state index contributed by atoms with van der Waals surface area (Å²) in [6.45, 7) is 5.58. The molecule has 35 heavy (non-hydrogen) atoms. The summed E-state index contributed by atoms with van der Waals surface area (Å²) in [6.07, 6.45) is 2.78. The Labute approximate surface area is 204 Å². The van der Waals surface area contributed by atoms with Crippen molar-refractivity contribution in [3.8, 4) is 23.3 Å². The zero-order chi connectivity index (χ0) is 25.4. The van der Waals surface area contributed by atoms with Crippen molar-refractivity contribution < 1.29 is 23.8 Å². The highest BCUT2D eigenvalue weighted by Gasteiger charge is 2.21. The number of aromatic nitrogens is 1. The van der Waals surface area contributed by atoms with Crippen molar-refractivity contribution in [1.29, 1.82) is 5.26 Å². The number of hydrogen-bond donors (Lipinski definition) is 1. The molecule has 1 aromatic heterocycles. The summed E-state index contributed by atoms with van der Waals surface area (Å²) < 4.78 is 17.7. The van der Waals surface area contributed by atoms with Gasteiger partial charge in [-0.2, -0.15) is 5.26 Å². The molecule has 8 heteroatoms. The number of methoxy groups -OCH3 is 1. The summed E-state index contributed by atoms with van der Waals surface area (Å²) in [4.78, 5) is 24.7. The van der Waals surface area contributed by atoms with E-state index in [4.69, 9.17) is 14.2 Å². The van der Waals surface area contributed by atoms with Crippen LogP contribution in [0.15, 0.2) is 54.6 Å². The summed E-state index contributed by atoms with van der Waals surface area (Å²) in [5.74, 6) is 0.252. The molecule has 0 aliphatic carbocycles. The highest BCUT2D eigenvalue weighted by Crippen LogP contribution is 2.30. The highest BCUT2D eigenvalue weighted by atomic mass is 16.5. The van der Waals surface area contributed by atoms with Crippen LogP contribution in [0, 0.1) is 25.2 Å². The molecule has 3 aromatic rings. The molecule has 0 radical (unpaired) electrons. The number of carbonyl (C=O) groups is 2. The Morgan fingerprint density at radius 2 is 1.86 bits per heavy atom. The van der Waals surface area contributed by atoms with E-state index < -0.39 is 18.5 Å². The normalized spacial score (nSPS) is 10.6. The topological polar surface area (TPSA) is 103 Å². The summed E-state index contributed by atoms with van der Waals surface area (Å²) in [7, 11) is 1.53. The van der Waals surface area contributed by atoms with Crippen LogP contribution in [-0.4, -0.2) is 36.8 Å². The minimum absolute atomic E-state index is 0.340. The second-order valence-corrected chi connectivity index (χ2v) is 7.55. The Morgan fingerprint density at radius 1 is 1.11 bits per heavy atom. The van der Waals surface area contributed by atoms with Crippen LogP contribution < -0.4 is 14.8 Å². The van der Waals surface area contributed by atoms with E-state index in [1.54, 1.807) is 28.8 Å². The van der Waals surface area contributed by atoms with Gasteiger partial charge in [-0.25, -0.2) is 4.79 Å². The minimum Gasteiger partial charge on any atom is -0.493 e. The van der Waals surface area contributed by atoms with Gasteiger partial charge in [0, 0.05) is 17.5 Å². The van der Waals surface area contributed by atoms with Gasteiger partial charge in [0.1, 0.15) is 11.9 Å². The van der Waals surface area contributed by atoms with Crippen LogP contribution in [0.2, 0.25) is 0 Å². The molecule has 180 valence electrons. The van der Waals surface area contributed by atoms with Gasteiger partial charge in [0.05, 0.1) is 19.3 Å². The smallest absolute Gasteiger partial charge is 0.331 e. The lowest BCUT2D eigenvalue weighted by molar-refractivity contribution is -0.142. The SMILES string of the molecule is CCOc1ccc(/C=C/C(=O)OCC(=O)Nc2c(C#N)c(C)c(C)n2-c2ccccc2)cc1OC. The molecule has 2 aromatic carbocycles. The van der Waals surface area contributed by atoms with E-state index in [0.29, 0.717) is 35.1 Å². The molecule has 3 rings (SSSR count). The molecule has 0 aliphatic rings. The van der Waals surface area contributed by atoms with Crippen molar-refractivity contribution in [1.82, 2.24) is 4.57 Å². The summed E-state index contributed by atoms with van der Waals surface area (Å²) in [5, 5.41) is 12.4. The largest absolute Gasteiger partial charge is 0.493 e. The molecule has 0 bridgehead atoms. The van der Waals surface area contributed by atoms with E-state index >= 15 is 0 Å². The summed E-state index contributed by atoms with van der Waals surface area (Å²) in [6, 6.07) is 16.8. The maximum atomic E-state index is 12.6. The van der Waals surface area contributed by atoms with Crippen LogP contribution in [0.1, 0.15) is 29.3 Å². The molecular weight excluding hydrogens is 446 g/mol. The lowest BCUT2D eigenvalue weighted by Crippen LogP contribution is -2.22. The fourth-order valence-corrected chi connectivity index (χ4v) is 3.54. The first-order chi connectivity index (χ1) is 16.9. The molecule has 1 N–H and O–H groups in total. The summed E-state index contributed by atoms with van der Waals surface area (Å²) in [5.41, 5.74) is 3.45. The van der Waals surface area contributed by atoms with Gasteiger partial charge in [-0.05, 0) is 62.2 Å². The van der Waals surface area contributed by atoms with Gasteiger partial charge in [-0.1, -0.05) is 24.3 Å². The molecular formula is C27H27N3O5. The van der Waals surface area contributed by atoms with E-state index in [1.807, 2.05) is 51.1 Å². The van der Waals surface area contributed by atoms with Crippen molar-refractivity contribution in [2.45, 2.75) is 20.8 Å². The standard InChI is InChI=1S/C27H27N3O5/c1-5-34-23-13-11-20(15-24(23)33-4)12-14-26(32)35-17-25(31)29-27-22(16-28)18(2)19(3)30(27)21-9-7-6-8-10-21/h6-15H,5,17H2,1-4H3,(H,29,31)/b14-12+. The van der Waals surface area contributed by atoms with E-state index in [0.717, 1.165) is 16.9 Å². The zero-order valence-electron chi connectivity index (χ0n) is 20.1. The molecule has 0 atom stereocenters. The minimum atomic E-state index is -0.681. The molecule has 0 saturated heterocycles. The van der Waals surface area contributed by atoms with Crippen LogP contribution >= 0.6 is 0 Å².